The highest BCUT2D eigenvalue weighted by Crippen LogP contribution is 2.39. The predicted octanol–water partition coefficient (Wildman–Crippen LogP) is 3.59. The minimum Gasteiger partial charge on any atom is -0.486 e. The third kappa shape index (κ3) is 3.40. The number of amides is 1. The van der Waals surface area contributed by atoms with Crippen molar-refractivity contribution >= 4 is 23.7 Å². The monoisotopic (exact) mass is 388 g/mol. The van der Waals surface area contributed by atoms with Gasteiger partial charge in [0.1, 0.15) is 18.1 Å². The molecule has 10 heteroatoms. The fraction of sp³-hybridized carbons (Fsp3) is 0.250. The van der Waals surface area contributed by atoms with Crippen molar-refractivity contribution in [3.05, 3.63) is 52.9 Å². The molecule has 26 heavy (non-hydrogen) atoms. The Hall–Kier alpha value is -2.52. The highest BCUT2D eigenvalue weighted by molar-refractivity contribution is 6.30. The van der Waals surface area contributed by atoms with Crippen LogP contribution in [0.5, 0.6) is 5.75 Å². The van der Waals surface area contributed by atoms with Gasteiger partial charge in [0.05, 0.1) is 0 Å². The molecule has 0 aliphatic carbocycles. The van der Waals surface area contributed by atoms with Crippen molar-refractivity contribution in [3.8, 4) is 5.75 Å². The standard InChI is InChI=1S/C16H12ClF3N2O4/c17-10-1-3-11(4-2-10)25-9-12-5-6-13(26-12)14(23)22-15(24,7-8-21-22)16(18,19)20/h1-6,8,24H,7,9H2/t15-/m1/s1. The molecule has 0 saturated heterocycles. The topological polar surface area (TPSA) is 75.3 Å². The van der Waals surface area contributed by atoms with Crippen LogP contribution in [0.15, 0.2) is 45.9 Å². The van der Waals surface area contributed by atoms with E-state index in [9.17, 15) is 23.1 Å². The summed E-state index contributed by atoms with van der Waals surface area (Å²) in [4.78, 5) is 12.2. The van der Waals surface area contributed by atoms with E-state index in [2.05, 4.69) is 5.10 Å². The van der Waals surface area contributed by atoms with E-state index in [4.69, 9.17) is 20.8 Å². The van der Waals surface area contributed by atoms with Crippen LogP contribution < -0.4 is 4.74 Å². The summed E-state index contributed by atoms with van der Waals surface area (Å²) in [6.07, 6.45) is -5.10. The first-order valence-electron chi connectivity index (χ1n) is 7.34. The Kier molecular flexibility index (Phi) is 4.68. The lowest BCUT2D eigenvalue weighted by molar-refractivity contribution is -0.297. The van der Waals surface area contributed by atoms with Crippen LogP contribution in [0.1, 0.15) is 22.7 Å². The van der Waals surface area contributed by atoms with Gasteiger partial charge in [-0.1, -0.05) is 11.6 Å². The molecule has 0 unspecified atom stereocenters. The maximum absolute atomic E-state index is 13.0. The van der Waals surface area contributed by atoms with E-state index in [1.54, 1.807) is 24.3 Å². The quantitative estimate of drug-likeness (QED) is 0.868. The van der Waals surface area contributed by atoms with Gasteiger partial charge in [0.15, 0.2) is 5.76 Å². The second-order valence-corrected chi connectivity index (χ2v) is 5.88. The van der Waals surface area contributed by atoms with Gasteiger partial charge >= 0.3 is 12.1 Å². The molecule has 0 fully saturated rings. The van der Waals surface area contributed by atoms with Gasteiger partial charge in [-0.15, -0.1) is 0 Å². The number of furan rings is 1. The maximum Gasteiger partial charge on any atom is 0.438 e. The molecule has 1 amide bonds. The molecule has 6 nitrogen and oxygen atoms in total. The zero-order valence-corrected chi connectivity index (χ0v) is 13.8. The number of hydrogen-bond donors (Lipinski definition) is 1. The van der Waals surface area contributed by atoms with Crippen molar-refractivity contribution in [1.82, 2.24) is 5.01 Å². The Morgan fingerprint density at radius 2 is 2.00 bits per heavy atom. The van der Waals surface area contributed by atoms with Crippen molar-refractivity contribution in [1.29, 1.82) is 0 Å². The summed E-state index contributed by atoms with van der Waals surface area (Å²) < 4.78 is 49.7. The number of halogens is 4. The minimum absolute atomic E-state index is 0.0321. The normalized spacial score (nSPS) is 19.8. The van der Waals surface area contributed by atoms with E-state index < -0.39 is 30.0 Å². The van der Waals surface area contributed by atoms with E-state index in [1.807, 2.05) is 0 Å². The van der Waals surface area contributed by atoms with Gasteiger partial charge in [0, 0.05) is 17.7 Å². The smallest absolute Gasteiger partial charge is 0.438 e. The molecule has 1 atom stereocenters. The summed E-state index contributed by atoms with van der Waals surface area (Å²) >= 11 is 5.76. The predicted molar refractivity (Wildman–Crippen MR) is 84.8 cm³/mol. The number of hydrogen-bond acceptors (Lipinski definition) is 5. The van der Waals surface area contributed by atoms with Crippen LogP contribution in [0.4, 0.5) is 13.2 Å². The first kappa shape index (κ1) is 18.3. The maximum atomic E-state index is 13.0. The molecule has 1 aliphatic rings. The molecule has 2 heterocycles. The number of nitrogens with zero attached hydrogens (tertiary/aromatic N) is 2. The Balaban J connectivity index is 1.70. The first-order chi connectivity index (χ1) is 12.2. The second kappa shape index (κ2) is 6.65. The Bertz CT molecular complexity index is 835. The van der Waals surface area contributed by atoms with Gasteiger partial charge < -0.3 is 14.3 Å². The Morgan fingerprint density at radius 3 is 2.65 bits per heavy atom. The highest BCUT2D eigenvalue weighted by atomic mass is 35.5. The first-order valence-corrected chi connectivity index (χ1v) is 7.72. The third-order valence-electron chi connectivity index (χ3n) is 3.64. The fourth-order valence-corrected chi connectivity index (χ4v) is 2.37. The van der Waals surface area contributed by atoms with Gasteiger partial charge in [-0.2, -0.15) is 23.3 Å². The van der Waals surface area contributed by atoms with Crippen LogP contribution in [-0.2, 0) is 6.61 Å². The van der Waals surface area contributed by atoms with E-state index in [1.165, 1.54) is 12.1 Å². The number of rotatable bonds is 4. The summed E-state index contributed by atoms with van der Waals surface area (Å²) in [6.45, 7) is -0.0539. The zero-order valence-electron chi connectivity index (χ0n) is 13.0. The molecule has 0 spiro atoms. The molecule has 0 saturated carbocycles. The van der Waals surface area contributed by atoms with Crippen LogP contribution in [0, 0.1) is 0 Å². The zero-order chi connectivity index (χ0) is 18.9. The molecule has 0 radical (unpaired) electrons. The van der Waals surface area contributed by atoms with Crippen LogP contribution in [0.3, 0.4) is 0 Å². The van der Waals surface area contributed by atoms with Crippen LogP contribution in [0.25, 0.3) is 0 Å². The SMILES string of the molecule is O=C(c1ccc(COc2ccc(Cl)cc2)o1)N1N=CC[C@@]1(O)C(F)(F)F. The third-order valence-corrected chi connectivity index (χ3v) is 3.89. The Morgan fingerprint density at radius 1 is 1.31 bits per heavy atom. The average Bonchev–Trinajstić information content (AvgIpc) is 3.21. The van der Waals surface area contributed by atoms with Crippen LogP contribution in [0.2, 0.25) is 5.02 Å². The number of benzene rings is 1. The van der Waals surface area contributed by atoms with Gasteiger partial charge in [0.2, 0.25) is 0 Å². The van der Waals surface area contributed by atoms with Gasteiger partial charge in [-0.05, 0) is 36.4 Å². The summed E-state index contributed by atoms with van der Waals surface area (Å²) in [5.41, 5.74) is -3.39. The van der Waals surface area contributed by atoms with Crippen molar-refractivity contribution < 1.29 is 32.2 Å². The summed E-state index contributed by atoms with van der Waals surface area (Å²) in [5, 5.41) is 13.6. The van der Waals surface area contributed by atoms with E-state index in [0.717, 1.165) is 6.21 Å². The number of carbonyl (C=O) groups is 1. The van der Waals surface area contributed by atoms with Crippen molar-refractivity contribution in [2.75, 3.05) is 0 Å². The van der Waals surface area contributed by atoms with Crippen LogP contribution >= 0.6 is 11.6 Å². The lowest BCUT2D eigenvalue weighted by Crippen LogP contribution is -2.56. The van der Waals surface area contributed by atoms with E-state index in [-0.39, 0.29) is 17.4 Å². The molecule has 1 aromatic heterocycles. The van der Waals surface area contributed by atoms with Gasteiger partial charge in [0.25, 0.3) is 5.72 Å². The van der Waals surface area contributed by atoms with E-state index >= 15 is 0 Å². The number of alkyl halides is 3. The van der Waals surface area contributed by atoms with Gasteiger partial charge in [-0.3, -0.25) is 4.79 Å². The molecular weight excluding hydrogens is 377 g/mol. The van der Waals surface area contributed by atoms with E-state index in [0.29, 0.717) is 10.8 Å². The van der Waals surface area contributed by atoms with Crippen molar-refractivity contribution in [2.45, 2.75) is 24.9 Å². The second-order valence-electron chi connectivity index (χ2n) is 5.44. The molecule has 3 rings (SSSR count). The number of carbonyl (C=O) groups excluding carboxylic acids is 1. The summed E-state index contributed by atoms with van der Waals surface area (Å²) in [5.74, 6) is -0.908. The molecular formula is C16H12ClF3N2O4. The molecule has 1 N–H and O–H groups in total. The lowest BCUT2D eigenvalue weighted by atomic mass is 10.1. The summed E-state index contributed by atoms with van der Waals surface area (Å²) in [6, 6.07) is 9.07. The number of hydrazone groups is 1. The molecule has 1 aromatic carbocycles. The van der Waals surface area contributed by atoms with Crippen molar-refractivity contribution in [2.24, 2.45) is 5.10 Å². The number of ether oxygens (including phenoxy) is 1. The minimum atomic E-state index is -5.06. The Labute approximate surface area is 150 Å². The lowest BCUT2D eigenvalue weighted by Gasteiger charge is -2.31. The molecule has 2 aromatic rings. The molecule has 0 bridgehead atoms. The molecule has 1 aliphatic heterocycles. The summed E-state index contributed by atoms with van der Waals surface area (Å²) in [7, 11) is 0. The molecule has 138 valence electrons. The van der Waals surface area contributed by atoms with Crippen molar-refractivity contribution in [3.63, 3.8) is 0 Å². The van der Waals surface area contributed by atoms with Crippen LogP contribution in [-0.4, -0.2) is 34.1 Å². The highest BCUT2D eigenvalue weighted by Gasteiger charge is 2.61. The van der Waals surface area contributed by atoms with Gasteiger partial charge in [-0.25, -0.2) is 0 Å². The number of aliphatic hydroxyl groups is 1. The average molecular weight is 389 g/mol. The fourth-order valence-electron chi connectivity index (χ4n) is 2.25. The largest absolute Gasteiger partial charge is 0.486 e.